The van der Waals surface area contributed by atoms with E-state index in [1.165, 1.54) is 11.1 Å². The highest BCUT2D eigenvalue weighted by molar-refractivity contribution is 5.63. The van der Waals surface area contributed by atoms with Gasteiger partial charge in [0.05, 0.1) is 12.7 Å². The van der Waals surface area contributed by atoms with E-state index < -0.39 is 0 Å². The second-order valence-electron chi connectivity index (χ2n) is 5.50. The van der Waals surface area contributed by atoms with E-state index in [2.05, 4.69) is 29.6 Å². The molecule has 0 heterocycles. The van der Waals surface area contributed by atoms with Gasteiger partial charge in [0.2, 0.25) is 0 Å². The van der Waals surface area contributed by atoms with Crippen molar-refractivity contribution < 1.29 is 9.84 Å². The van der Waals surface area contributed by atoms with E-state index in [0.29, 0.717) is 6.54 Å². The maximum Gasteiger partial charge on any atom is 0.119 e. The molecule has 0 aliphatic carbocycles. The average molecular weight is 299 g/mol. The lowest BCUT2D eigenvalue weighted by atomic mass is 10.1. The fourth-order valence-corrected chi connectivity index (χ4v) is 2.23. The van der Waals surface area contributed by atoms with Gasteiger partial charge in [-0.15, -0.1) is 0 Å². The van der Waals surface area contributed by atoms with Crippen LogP contribution in [0.25, 0.3) is 11.1 Å². The first-order chi connectivity index (χ1) is 10.8. The van der Waals surface area contributed by atoms with Gasteiger partial charge in [-0.25, -0.2) is 0 Å². The third kappa shape index (κ3) is 5.88. The minimum Gasteiger partial charge on any atom is -0.494 e. The Morgan fingerprint density at radius 3 is 2.32 bits per heavy atom. The van der Waals surface area contributed by atoms with Gasteiger partial charge in [0, 0.05) is 6.54 Å². The highest BCUT2D eigenvalue weighted by Crippen LogP contribution is 2.22. The fourth-order valence-electron chi connectivity index (χ4n) is 2.23. The van der Waals surface area contributed by atoms with E-state index in [0.717, 1.165) is 31.7 Å². The Bertz CT molecular complexity index is 523. The molecular weight excluding hydrogens is 274 g/mol. The first-order valence-electron chi connectivity index (χ1n) is 7.93. The number of aliphatic hydroxyl groups is 1. The third-order valence-corrected chi connectivity index (χ3v) is 3.42. The summed E-state index contributed by atoms with van der Waals surface area (Å²) in [5.74, 6) is 0.914. The molecule has 0 fully saturated rings. The normalized spacial score (nSPS) is 12.1. The maximum atomic E-state index is 9.12. The van der Waals surface area contributed by atoms with Crippen molar-refractivity contribution in [3.63, 3.8) is 0 Å². The second kappa shape index (κ2) is 9.23. The van der Waals surface area contributed by atoms with Crippen molar-refractivity contribution in [2.75, 3.05) is 19.7 Å². The molecule has 3 nitrogen and oxygen atoms in total. The van der Waals surface area contributed by atoms with E-state index in [1.54, 1.807) is 6.92 Å². The molecule has 0 saturated heterocycles. The van der Waals surface area contributed by atoms with Gasteiger partial charge in [-0.05, 0) is 49.6 Å². The number of hydrogen-bond donors (Lipinski definition) is 2. The number of unbranched alkanes of at least 4 members (excludes halogenated alkanes) is 1. The van der Waals surface area contributed by atoms with Crippen molar-refractivity contribution in [1.29, 1.82) is 0 Å². The highest BCUT2D eigenvalue weighted by atomic mass is 16.5. The Morgan fingerprint density at radius 2 is 1.64 bits per heavy atom. The lowest BCUT2D eigenvalue weighted by Gasteiger charge is -2.09. The van der Waals surface area contributed by atoms with Gasteiger partial charge < -0.3 is 15.2 Å². The molecule has 0 spiro atoms. The minimum absolute atomic E-state index is 0.278. The quantitative estimate of drug-likeness (QED) is 0.697. The maximum absolute atomic E-state index is 9.12. The number of rotatable bonds is 9. The number of aliphatic hydroxyl groups excluding tert-OH is 1. The number of hydrogen-bond acceptors (Lipinski definition) is 3. The predicted molar refractivity (Wildman–Crippen MR) is 91.2 cm³/mol. The Kier molecular flexibility index (Phi) is 6.94. The van der Waals surface area contributed by atoms with Gasteiger partial charge in [0.1, 0.15) is 5.75 Å². The molecule has 22 heavy (non-hydrogen) atoms. The van der Waals surface area contributed by atoms with Crippen molar-refractivity contribution in [2.45, 2.75) is 25.9 Å². The minimum atomic E-state index is -0.278. The van der Waals surface area contributed by atoms with E-state index in [9.17, 15) is 0 Å². The summed E-state index contributed by atoms with van der Waals surface area (Å²) in [5, 5.41) is 12.3. The molecule has 0 bridgehead atoms. The molecule has 0 aliphatic heterocycles. The van der Waals surface area contributed by atoms with E-state index >= 15 is 0 Å². The first-order valence-corrected chi connectivity index (χ1v) is 7.93. The zero-order valence-corrected chi connectivity index (χ0v) is 13.2. The lowest BCUT2D eigenvalue weighted by Crippen LogP contribution is -2.25. The summed E-state index contributed by atoms with van der Waals surface area (Å²) in [7, 11) is 0. The van der Waals surface area contributed by atoms with Crippen LogP contribution in [0.5, 0.6) is 5.75 Å². The van der Waals surface area contributed by atoms with Crippen molar-refractivity contribution in [3.05, 3.63) is 54.6 Å². The average Bonchev–Trinajstić information content (AvgIpc) is 2.55. The van der Waals surface area contributed by atoms with Crippen LogP contribution in [0.4, 0.5) is 0 Å². The number of benzene rings is 2. The summed E-state index contributed by atoms with van der Waals surface area (Å²) in [5.41, 5.74) is 2.42. The van der Waals surface area contributed by atoms with Crippen LogP contribution in [0.3, 0.4) is 0 Å². The molecule has 2 rings (SSSR count). The molecule has 0 aromatic heterocycles. The van der Waals surface area contributed by atoms with Crippen molar-refractivity contribution in [1.82, 2.24) is 5.32 Å². The SMILES string of the molecule is C[C@H](O)CNCCCCOc1ccc(-c2ccccc2)cc1. The summed E-state index contributed by atoms with van der Waals surface area (Å²) in [4.78, 5) is 0. The zero-order chi connectivity index (χ0) is 15.6. The molecule has 0 aliphatic rings. The van der Waals surface area contributed by atoms with Crippen LogP contribution < -0.4 is 10.1 Å². The summed E-state index contributed by atoms with van der Waals surface area (Å²) >= 11 is 0. The standard InChI is InChI=1S/C19H25NO2/c1-16(21)15-20-13-5-6-14-22-19-11-9-18(10-12-19)17-7-3-2-4-8-17/h2-4,7-12,16,20-21H,5-6,13-15H2,1H3/t16-/m0/s1. The smallest absolute Gasteiger partial charge is 0.119 e. The van der Waals surface area contributed by atoms with Gasteiger partial charge in [0.15, 0.2) is 0 Å². The van der Waals surface area contributed by atoms with E-state index in [4.69, 9.17) is 9.84 Å². The Labute approximate surface area is 133 Å². The van der Waals surface area contributed by atoms with Gasteiger partial charge in [-0.1, -0.05) is 42.5 Å². The molecule has 0 radical (unpaired) electrons. The van der Waals surface area contributed by atoms with Crippen molar-refractivity contribution >= 4 is 0 Å². The monoisotopic (exact) mass is 299 g/mol. The van der Waals surface area contributed by atoms with Crippen molar-refractivity contribution in [3.8, 4) is 16.9 Å². The van der Waals surface area contributed by atoms with Crippen LogP contribution in [-0.2, 0) is 0 Å². The highest BCUT2D eigenvalue weighted by Gasteiger charge is 1.98. The van der Waals surface area contributed by atoms with Gasteiger partial charge in [0.25, 0.3) is 0 Å². The van der Waals surface area contributed by atoms with Crippen LogP contribution in [0.15, 0.2) is 54.6 Å². The van der Waals surface area contributed by atoms with Crippen LogP contribution in [0.1, 0.15) is 19.8 Å². The van der Waals surface area contributed by atoms with Gasteiger partial charge in [-0.2, -0.15) is 0 Å². The Morgan fingerprint density at radius 1 is 0.955 bits per heavy atom. The molecule has 1 atom stereocenters. The van der Waals surface area contributed by atoms with Gasteiger partial charge >= 0.3 is 0 Å². The van der Waals surface area contributed by atoms with E-state index in [1.807, 2.05) is 30.3 Å². The van der Waals surface area contributed by atoms with Crippen LogP contribution in [-0.4, -0.2) is 30.9 Å². The predicted octanol–water partition coefficient (Wildman–Crippen LogP) is 3.48. The number of ether oxygens (including phenoxy) is 1. The topological polar surface area (TPSA) is 41.5 Å². The largest absolute Gasteiger partial charge is 0.494 e. The number of nitrogens with one attached hydrogen (secondary N) is 1. The summed E-state index contributed by atoms with van der Waals surface area (Å²) in [6, 6.07) is 18.6. The summed E-state index contributed by atoms with van der Waals surface area (Å²) in [6.45, 7) is 4.08. The Hall–Kier alpha value is -1.84. The van der Waals surface area contributed by atoms with Crippen molar-refractivity contribution in [2.24, 2.45) is 0 Å². The molecule has 0 saturated carbocycles. The molecule has 2 aromatic rings. The molecule has 2 aromatic carbocycles. The summed E-state index contributed by atoms with van der Waals surface area (Å²) < 4.78 is 5.75. The molecule has 118 valence electrons. The molecule has 0 amide bonds. The molecular formula is C19H25NO2. The van der Waals surface area contributed by atoms with E-state index in [-0.39, 0.29) is 6.10 Å². The molecule has 3 heteroatoms. The zero-order valence-electron chi connectivity index (χ0n) is 13.2. The molecule has 0 unspecified atom stereocenters. The first kappa shape index (κ1) is 16.5. The second-order valence-corrected chi connectivity index (χ2v) is 5.50. The Balaban J connectivity index is 1.67. The third-order valence-electron chi connectivity index (χ3n) is 3.42. The summed E-state index contributed by atoms with van der Waals surface area (Å²) in [6.07, 6.45) is 1.78. The fraction of sp³-hybridized carbons (Fsp3) is 0.368. The van der Waals surface area contributed by atoms with Crippen LogP contribution >= 0.6 is 0 Å². The molecule has 2 N–H and O–H groups in total. The van der Waals surface area contributed by atoms with Crippen LogP contribution in [0.2, 0.25) is 0 Å². The lowest BCUT2D eigenvalue weighted by molar-refractivity contribution is 0.191. The van der Waals surface area contributed by atoms with Crippen LogP contribution in [0, 0.1) is 0 Å². The van der Waals surface area contributed by atoms with Gasteiger partial charge in [-0.3, -0.25) is 0 Å².